The van der Waals surface area contributed by atoms with Gasteiger partial charge in [-0.2, -0.15) is 0 Å². The van der Waals surface area contributed by atoms with Crippen LogP contribution in [0.1, 0.15) is 43.3 Å². The third kappa shape index (κ3) is 7.63. The molecule has 0 aliphatic carbocycles. The van der Waals surface area contributed by atoms with E-state index in [2.05, 4.69) is 6.58 Å². The van der Waals surface area contributed by atoms with Gasteiger partial charge in [0.1, 0.15) is 18.1 Å². The van der Waals surface area contributed by atoms with Gasteiger partial charge in [0.2, 0.25) is 0 Å². The van der Waals surface area contributed by atoms with E-state index in [4.69, 9.17) is 14.3 Å². The number of benzene rings is 1. The molecular weight excluding hydrogens is 368 g/mol. The third-order valence-corrected chi connectivity index (χ3v) is 4.96. The number of aliphatic hydroxyl groups excluding tert-OH is 3. The molecule has 158 valence electrons. The second-order valence-electron chi connectivity index (χ2n) is 7.11. The lowest BCUT2D eigenvalue weighted by molar-refractivity contribution is -0.0273. The lowest BCUT2D eigenvalue weighted by Gasteiger charge is -2.25. The molecule has 5 nitrogen and oxygen atoms in total. The van der Waals surface area contributed by atoms with Crippen molar-refractivity contribution in [2.24, 2.45) is 5.92 Å². The zero-order valence-corrected chi connectivity index (χ0v) is 17.0. The largest absolute Gasteiger partial charge is 0.459 e. The van der Waals surface area contributed by atoms with Crippen molar-refractivity contribution in [2.75, 3.05) is 6.61 Å². The van der Waals surface area contributed by atoms with Crippen LogP contribution < -0.4 is 0 Å². The Morgan fingerprint density at radius 2 is 1.90 bits per heavy atom. The fraction of sp³-hybridized carbons (Fsp3) is 0.417. The first-order valence-electron chi connectivity index (χ1n) is 10.1. The topological polar surface area (TPSA) is 83.1 Å². The summed E-state index contributed by atoms with van der Waals surface area (Å²) in [6, 6.07) is 13.3. The monoisotopic (exact) mass is 400 g/mol. The Hall–Kier alpha value is -2.18. The Kier molecular flexibility index (Phi) is 9.88. The molecule has 3 N–H and O–H groups in total. The average molecular weight is 401 g/mol. The van der Waals surface area contributed by atoms with Gasteiger partial charge in [-0.1, -0.05) is 48.9 Å². The first kappa shape index (κ1) is 23.1. The van der Waals surface area contributed by atoms with Crippen LogP contribution in [-0.4, -0.2) is 34.1 Å². The van der Waals surface area contributed by atoms with Gasteiger partial charge in [-0.3, -0.25) is 0 Å². The van der Waals surface area contributed by atoms with E-state index in [0.29, 0.717) is 31.0 Å². The van der Waals surface area contributed by atoms with Crippen molar-refractivity contribution in [3.63, 3.8) is 0 Å². The van der Waals surface area contributed by atoms with E-state index in [1.165, 1.54) is 0 Å². The highest BCUT2D eigenvalue weighted by Gasteiger charge is 2.24. The van der Waals surface area contributed by atoms with Gasteiger partial charge in [-0.25, -0.2) is 0 Å². The SMILES string of the molecule is C=C[C@H]([C@H](O)CC/C(=C/c1ccc(CO)o1)CC)[C@H](O)COCc1ccccc1. The van der Waals surface area contributed by atoms with E-state index < -0.39 is 18.1 Å². The van der Waals surface area contributed by atoms with Crippen molar-refractivity contribution in [3.05, 3.63) is 77.8 Å². The standard InChI is InChI=1S/C24H32O5/c1-3-18(14-20-11-12-21(15-25)29-20)10-13-23(26)22(4-2)24(27)17-28-16-19-8-6-5-7-9-19/h4-9,11-12,14,22-27H,2-3,10,13,15-17H2,1H3/b18-14+/t22-,23-,24-/m1/s1. The number of allylic oxidation sites excluding steroid dienone is 1. The molecule has 0 aliphatic rings. The molecule has 29 heavy (non-hydrogen) atoms. The fourth-order valence-electron chi connectivity index (χ4n) is 3.19. The Balaban J connectivity index is 1.83. The number of aliphatic hydroxyl groups is 3. The highest BCUT2D eigenvalue weighted by molar-refractivity contribution is 5.47. The maximum Gasteiger partial charge on any atom is 0.130 e. The minimum atomic E-state index is -0.822. The second-order valence-corrected chi connectivity index (χ2v) is 7.11. The number of furan rings is 1. The van der Waals surface area contributed by atoms with Crippen LogP contribution in [-0.2, 0) is 18.0 Å². The lowest BCUT2D eigenvalue weighted by atomic mass is 9.91. The molecule has 0 unspecified atom stereocenters. The minimum absolute atomic E-state index is 0.126. The van der Waals surface area contributed by atoms with Gasteiger partial charge in [0.15, 0.2) is 0 Å². The summed E-state index contributed by atoms with van der Waals surface area (Å²) in [6.45, 7) is 6.24. The van der Waals surface area contributed by atoms with Crippen LogP contribution in [0, 0.1) is 5.92 Å². The molecule has 1 aromatic heterocycles. The summed E-state index contributed by atoms with van der Waals surface area (Å²) in [4.78, 5) is 0. The first-order chi connectivity index (χ1) is 14.1. The van der Waals surface area contributed by atoms with Gasteiger partial charge in [0.05, 0.1) is 25.4 Å². The summed E-state index contributed by atoms with van der Waals surface area (Å²) in [5, 5.41) is 30.1. The number of rotatable bonds is 13. The van der Waals surface area contributed by atoms with Crippen LogP contribution in [0.25, 0.3) is 6.08 Å². The molecule has 0 fully saturated rings. The maximum absolute atomic E-state index is 10.6. The molecule has 3 atom stereocenters. The van der Waals surface area contributed by atoms with Crippen LogP contribution >= 0.6 is 0 Å². The van der Waals surface area contributed by atoms with Crippen molar-refractivity contribution >= 4 is 6.08 Å². The Morgan fingerprint density at radius 1 is 1.14 bits per heavy atom. The summed E-state index contributed by atoms with van der Waals surface area (Å²) in [7, 11) is 0. The van der Waals surface area contributed by atoms with E-state index in [0.717, 1.165) is 17.6 Å². The normalized spacial score (nSPS) is 15.1. The fourth-order valence-corrected chi connectivity index (χ4v) is 3.19. The Bertz CT molecular complexity index is 750. The molecule has 1 heterocycles. The zero-order chi connectivity index (χ0) is 21.1. The van der Waals surface area contributed by atoms with Crippen molar-refractivity contribution in [1.29, 1.82) is 0 Å². The van der Waals surface area contributed by atoms with E-state index in [1.807, 2.05) is 49.4 Å². The van der Waals surface area contributed by atoms with Crippen molar-refractivity contribution in [2.45, 2.75) is 51.6 Å². The summed E-state index contributed by atoms with van der Waals surface area (Å²) in [5.74, 6) is 0.751. The summed E-state index contributed by atoms with van der Waals surface area (Å²) in [6.07, 6.45) is 3.99. The highest BCUT2D eigenvalue weighted by Crippen LogP contribution is 2.22. The summed E-state index contributed by atoms with van der Waals surface area (Å²) >= 11 is 0. The maximum atomic E-state index is 10.6. The predicted octanol–water partition coefficient (Wildman–Crippen LogP) is 4.09. The number of hydrogen-bond acceptors (Lipinski definition) is 5. The van der Waals surface area contributed by atoms with E-state index in [-0.39, 0.29) is 13.2 Å². The molecular formula is C24H32O5. The quantitative estimate of drug-likeness (QED) is 0.441. The molecule has 0 radical (unpaired) electrons. The molecule has 0 saturated heterocycles. The minimum Gasteiger partial charge on any atom is -0.459 e. The van der Waals surface area contributed by atoms with Crippen LogP contribution in [0.15, 0.2) is 65.1 Å². The van der Waals surface area contributed by atoms with Crippen molar-refractivity contribution in [1.82, 2.24) is 0 Å². The van der Waals surface area contributed by atoms with Crippen LogP contribution in [0.2, 0.25) is 0 Å². The molecule has 0 aliphatic heterocycles. The van der Waals surface area contributed by atoms with Gasteiger partial charge in [0, 0.05) is 5.92 Å². The summed E-state index contributed by atoms with van der Waals surface area (Å²) in [5.41, 5.74) is 2.16. The highest BCUT2D eigenvalue weighted by atomic mass is 16.5. The number of hydrogen-bond donors (Lipinski definition) is 3. The molecule has 0 spiro atoms. The lowest BCUT2D eigenvalue weighted by Crippen LogP contribution is -2.33. The molecule has 2 rings (SSSR count). The van der Waals surface area contributed by atoms with E-state index in [9.17, 15) is 10.2 Å². The second kappa shape index (κ2) is 12.4. The molecule has 0 bridgehead atoms. The Labute approximate surface area is 173 Å². The average Bonchev–Trinajstić information content (AvgIpc) is 3.20. The smallest absolute Gasteiger partial charge is 0.130 e. The first-order valence-corrected chi connectivity index (χ1v) is 10.1. The summed E-state index contributed by atoms with van der Waals surface area (Å²) < 4.78 is 11.1. The predicted molar refractivity (Wildman–Crippen MR) is 114 cm³/mol. The van der Waals surface area contributed by atoms with Crippen LogP contribution in [0.4, 0.5) is 0 Å². The van der Waals surface area contributed by atoms with E-state index in [1.54, 1.807) is 12.1 Å². The number of ether oxygens (including phenoxy) is 1. The van der Waals surface area contributed by atoms with Gasteiger partial charge >= 0.3 is 0 Å². The molecule has 0 amide bonds. The van der Waals surface area contributed by atoms with Gasteiger partial charge < -0.3 is 24.5 Å². The van der Waals surface area contributed by atoms with Crippen molar-refractivity contribution in [3.8, 4) is 0 Å². The van der Waals surface area contributed by atoms with Gasteiger partial charge in [0.25, 0.3) is 0 Å². The molecule has 2 aromatic rings. The van der Waals surface area contributed by atoms with E-state index >= 15 is 0 Å². The third-order valence-electron chi connectivity index (χ3n) is 4.96. The van der Waals surface area contributed by atoms with Gasteiger partial charge in [-0.15, -0.1) is 6.58 Å². The van der Waals surface area contributed by atoms with Crippen LogP contribution in [0.3, 0.4) is 0 Å². The van der Waals surface area contributed by atoms with Crippen molar-refractivity contribution < 1.29 is 24.5 Å². The van der Waals surface area contributed by atoms with Crippen LogP contribution in [0.5, 0.6) is 0 Å². The Morgan fingerprint density at radius 3 is 2.52 bits per heavy atom. The molecule has 1 aromatic carbocycles. The van der Waals surface area contributed by atoms with Gasteiger partial charge in [-0.05, 0) is 43.0 Å². The molecule has 5 heteroatoms. The molecule has 0 saturated carbocycles. The zero-order valence-electron chi connectivity index (χ0n) is 17.0.